The van der Waals surface area contributed by atoms with Gasteiger partial charge in [-0.2, -0.15) is 0 Å². The molecular weight excluding hydrogens is 310 g/mol. The first-order chi connectivity index (χ1) is 12.2. The molecule has 2 aliphatic rings. The molecule has 4 nitrogen and oxygen atoms in total. The Labute approximate surface area is 149 Å². The second-order valence-corrected chi connectivity index (χ2v) is 7.33. The predicted octanol–water partition coefficient (Wildman–Crippen LogP) is 4.17. The SMILES string of the molecule is C[C@@H]1C(NC(=O)c2ccccc2)c2ncccc2NC1C1CCCC1. The van der Waals surface area contributed by atoms with Crippen LogP contribution in [0.4, 0.5) is 5.69 Å². The van der Waals surface area contributed by atoms with E-state index >= 15 is 0 Å². The number of hydrogen-bond donors (Lipinski definition) is 2. The Hall–Kier alpha value is -2.36. The Balaban J connectivity index is 1.63. The van der Waals surface area contributed by atoms with Crippen molar-refractivity contribution in [3.63, 3.8) is 0 Å². The fourth-order valence-corrected chi connectivity index (χ4v) is 4.43. The molecule has 1 aliphatic carbocycles. The Bertz CT molecular complexity index is 740. The highest BCUT2D eigenvalue weighted by molar-refractivity contribution is 5.94. The maximum atomic E-state index is 12.7. The van der Waals surface area contributed by atoms with E-state index in [0.29, 0.717) is 23.4 Å². The molecule has 1 amide bonds. The van der Waals surface area contributed by atoms with Crippen LogP contribution in [0, 0.1) is 11.8 Å². The summed E-state index contributed by atoms with van der Waals surface area (Å²) < 4.78 is 0. The molecule has 25 heavy (non-hydrogen) atoms. The number of amides is 1. The van der Waals surface area contributed by atoms with E-state index in [1.807, 2.05) is 42.6 Å². The number of carbonyl (C=O) groups excluding carboxylic acids is 1. The lowest BCUT2D eigenvalue weighted by Gasteiger charge is -2.41. The number of benzene rings is 1. The van der Waals surface area contributed by atoms with Crippen LogP contribution in [0.5, 0.6) is 0 Å². The number of hydrogen-bond acceptors (Lipinski definition) is 3. The van der Waals surface area contributed by atoms with Crippen LogP contribution in [0.15, 0.2) is 48.7 Å². The number of pyridine rings is 1. The number of nitrogens with one attached hydrogen (secondary N) is 2. The van der Waals surface area contributed by atoms with Gasteiger partial charge in [0.15, 0.2) is 0 Å². The highest BCUT2D eigenvalue weighted by atomic mass is 16.1. The van der Waals surface area contributed by atoms with E-state index in [2.05, 4.69) is 28.6 Å². The predicted molar refractivity (Wildman–Crippen MR) is 99.4 cm³/mol. The highest BCUT2D eigenvalue weighted by Gasteiger charge is 2.40. The molecule has 2 N–H and O–H groups in total. The summed E-state index contributed by atoms with van der Waals surface area (Å²) in [6, 6.07) is 13.8. The van der Waals surface area contributed by atoms with Crippen LogP contribution in [0.1, 0.15) is 54.7 Å². The summed E-state index contributed by atoms with van der Waals surface area (Å²) in [6.07, 6.45) is 6.99. The summed E-state index contributed by atoms with van der Waals surface area (Å²) in [5.74, 6) is 0.957. The smallest absolute Gasteiger partial charge is 0.251 e. The minimum Gasteiger partial charge on any atom is -0.380 e. The van der Waals surface area contributed by atoms with Crippen LogP contribution in [-0.4, -0.2) is 16.9 Å². The zero-order chi connectivity index (χ0) is 17.2. The van der Waals surface area contributed by atoms with Crippen LogP contribution < -0.4 is 10.6 Å². The lowest BCUT2D eigenvalue weighted by atomic mass is 9.79. The number of carbonyl (C=O) groups is 1. The lowest BCUT2D eigenvalue weighted by Crippen LogP contribution is -2.47. The molecule has 1 fully saturated rings. The quantitative estimate of drug-likeness (QED) is 0.885. The van der Waals surface area contributed by atoms with Gasteiger partial charge in [-0.25, -0.2) is 0 Å². The molecule has 2 aromatic rings. The van der Waals surface area contributed by atoms with Crippen LogP contribution in [0.25, 0.3) is 0 Å². The minimum atomic E-state index is -0.0595. The summed E-state index contributed by atoms with van der Waals surface area (Å²) in [7, 11) is 0. The van der Waals surface area contributed by atoms with Gasteiger partial charge in [0.25, 0.3) is 5.91 Å². The lowest BCUT2D eigenvalue weighted by molar-refractivity contribution is 0.0912. The van der Waals surface area contributed by atoms with E-state index < -0.39 is 0 Å². The van der Waals surface area contributed by atoms with Crippen molar-refractivity contribution in [1.82, 2.24) is 10.3 Å². The molecule has 1 aromatic carbocycles. The first-order valence-electron chi connectivity index (χ1n) is 9.31. The van der Waals surface area contributed by atoms with Crippen molar-refractivity contribution in [3.8, 4) is 0 Å². The van der Waals surface area contributed by atoms with E-state index in [0.717, 1.165) is 11.4 Å². The van der Waals surface area contributed by atoms with E-state index in [1.165, 1.54) is 25.7 Å². The summed E-state index contributed by atoms with van der Waals surface area (Å²) in [4.78, 5) is 17.3. The third-order valence-corrected chi connectivity index (χ3v) is 5.78. The number of anilines is 1. The largest absolute Gasteiger partial charge is 0.380 e. The number of nitrogens with zero attached hydrogens (tertiary/aromatic N) is 1. The van der Waals surface area contributed by atoms with Gasteiger partial charge in [0.05, 0.1) is 17.4 Å². The van der Waals surface area contributed by atoms with E-state index in [4.69, 9.17) is 0 Å². The van der Waals surface area contributed by atoms with E-state index in [9.17, 15) is 4.79 Å². The molecular formula is C21H25N3O. The summed E-state index contributed by atoms with van der Waals surface area (Å²) in [5.41, 5.74) is 2.72. The van der Waals surface area contributed by atoms with Gasteiger partial charge in [0, 0.05) is 23.7 Å². The minimum absolute atomic E-state index is 0.0267. The van der Waals surface area contributed by atoms with Gasteiger partial charge in [-0.05, 0) is 43.0 Å². The molecule has 0 radical (unpaired) electrons. The normalized spacial score (nSPS) is 25.9. The molecule has 1 aromatic heterocycles. The molecule has 0 bridgehead atoms. The molecule has 2 unspecified atom stereocenters. The zero-order valence-electron chi connectivity index (χ0n) is 14.6. The van der Waals surface area contributed by atoms with Gasteiger partial charge in [-0.15, -0.1) is 0 Å². The van der Waals surface area contributed by atoms with Gasteiger partial charge >= 0.3 is 0 Å². The standard InChI is InChI=1S/C21H25N3O/c1-14-18(15-8-5-6-9-15)23-17-12-7-13-22-20(17)19(14)24-21(25)16-10-3-2-4-11-16/h2-4,7,10-15,18-19,23H,5-6,8-9H2,1H3,(H,24,25)/t14-,18?,19?/m0/s1. The topological polar surface area (TPSA) is 54.0 Å². The maximum absolute atomic E-state index is 12.7. The number of rotatable bonds is 3. The van der Waals surface area contributed by atoms with Crippen molar-refractivity contribution < 1.29 is 4.79 Å². The Morgan fingerprint density at radius 1 is 1.12 bits per heavy atom. The second-order valence-electron chi connectivity index (χ2n) is 7.33. The van der Waals surface area contributed by atoms with Crippen molar-refractivity contribution in [2.75, 3.05) is 5.32 Å². The van der Waals surface area contributed by atoms with E-state index in [-0.39, 0.29) is 11.9 Å². The zero-order valence-corrected chi connectivity index (χ0v) is 14.6. The van der Waals surface area contributed by atoms with Crippen LogP contribution in [-0.2, 0) is 0 Å². The van der Waals surface area contributed by atoms with Crippen molar-refractivity contribution in [2.24, 2.45) is 11.8 Å². The molecule has 0 saturated heterocycles. The molecule has 1 aliphatic heterocycles. The monoisotopic (exact) mass is 335 g/mol. The molecule has 0 spiro atoms. The Morgan fingerprint density at radius 3 is 2.64 bits per heavy atom. The summed E-state index contributed by atoms with van der Waals surface area (Å²) in [6.45, 7) is 2.24. The Kier molecular flexibility index (Phi) is 4.43. The van der Waals surface area contributed by atoms with Crippen molar-refractivity contribution in [1.29, 1.82) is 0 Å². The van der Waals surface area contributed by atoms with Gasteiger partial charge in [-0.1, -0.05) is 38.0 Å². The molecule has 130 valence electrons. The fourth-order valence-electron chi connectivity index (χ4n) is 4.43. The highest BCUT2D eigenvalue weighted by Crippen LogP contribution is 2.42. The first-order valence-corrected chi connectivity index (χ1v) is 9.31. The molecule has 4 heteroatoms. The summed E-state index contributed by atoms with van der Waals surface area (Å²) >= 11 is 0. The average molecular weight is 335 g/mol. The molecule has 2 heterocycles. The average Bonchev–Trinajstić information content (AvgIpc) is 3.19. The van der Waals surface area contributed by atoms with Crippen LogP contribution >= 0.6 is 0 Å². The van der Waals surface area contributed by atoms with Crippen LogP contribution in [0.2, 0.25) is 0 Å². The van der Waals surface area contributed by atoms with Gasteiger partial charge < -0.3 is 10.6 Å². The first kappa shape index (κ1) is 16.1. The van der Waals surface area contributed by atoms with Crippen LogP contribution in [0.3, 0.4) is 0 Å². The molecule has 1 saturated carbocycles. The van der Waals surface area contributed by atoms with Crippen molar-refractivity contribution in [2.45, 2.75) is 44.7 Å². The fraction of sp³-hybridized carbons (Fsp3) is 0.429. The maximum Gasteiger partial charge on any atom is 0.251 e. The van der Waals surface area contributed by atoms with Gasteiger partial charge in [0.2, 0.25) is 0 Å². The third kappa shape index (κ3) is 3.13. The molecule has 3 atom stereocenters. The second kappa shape index (κ2) is 6.87. The molecule has 4 rings (SSSR count). The third-order valence-electron chi connectivity index (χ3n) is 5.78. The summed E-state index contributed by atoms with van der Waals surface area (Å²) in [5, 5.41) is 6.97. The Morgan fingerprint density at radius 2 is 1.88 bits per heavy atom. The number of fused-ring (bicyclic) bond motifs is 1. The van der Waals surface area contributed by atoms with Gasteiger partial charge in [-0.3, -0.25) is 9.78 Å². The van der Waals surface area contributed by atoms with Gasteiger partial charge in [0.1, 0.15) is 0 Å². The van der Waals surface area contributed by atoms with Crippen molar-refractivity contribution in [3.05, 3.63) is 59.9 Å². The van der Waals surface area contributed by atoms with Crippen molar-refractivity contribution >= 4 is 11.6 Å². The van der Waals surface area contributed by atoms with E-state index in [1.54, 1.807) is 0 Å². The number of aromatic nitrogens is 1.